The van der Waals surface area contributed by atoms with Crippen molar-refractivity contribution in [2.24, 2.45) is 0 Å². The number of hydrogen-bond donors (Lipinski definition) is 0. The normalized spacial score (nSPS) is 10.3. The van der Waals surface area contributed by atoms with Gasteiger partial charge in [-0.1, -0.05) is 17.7 Å². The van der Waals surface area contributed by atoms with Crippen molar-refractivity contribution in [3.63, 3.8) is 0 Å². The molecule has 0 aliphatic heterocycles. The predicted octanol–water partition coefficient (Wildman–Crippen LogP) is 4.31. The minimum absolute atomic E-state index is 0.105. The summed E-state index contributed by atoms with van der Waals surface area (Å²) in [6.07, 6.45) is 0. The second-order valence-electron chi connectivity index (χ2n) is 4.58. The molecular weight excluding hydrogens is 242 g/mol. The van der Waals surface area contributed by atoms with Gasteiger partial charge < -0.3 is 4.74 Å². The Kier molecular flexibility index (Phi) is 3.51. The quantitative estimate of drug-likeness (QED) is 0.608. The monoisotopic (exact) mass is 257 g/mol. The second kappa shape index (κ2) is 5.10. The standard InChI is InChI=1S/C15H15NO3/c1-10-4-7-15(12(3)8-10)19-13-5-6-14(16(17)18)11(2)9-13/h4-9H,1-3H3. The molecule has 0 spiro atoms. The molecule has 0 atom stereocenters. The van der Waals surface area contributed by atoms with E-state index in [0.29, 0.717) is 11.3 Å². The first-order chi connectivity index (χ1) is 8.97. The maximum atomic E-state index is 10.7. The van der Waals surface area contributed by atoms with Crippen molar-refractivity contribution < 1.29 is 9.66 Å². The third-order valence-electron chi connectivity index (χ3n) is 2.92. The third-order valence-corrected chi connectivity index (χ3v) is 2.92. The Morgan fingerprint density at radius 2 is 1.74 bits per heavy atom. The van der Waals surface area contributed by atoms with Crippen molar-refractivity contribution in [1.82, 2.24) is 0 Å². The Labute approximate surface area is 111 Å². The molecule has 0 saturated carbocycles. The van der Waals surface area contributed by atoms with E-state index in [9.17, 15) is 10.1 Å². The topological polar surface area (TPSA) is 52.4 Å². The van der Waals surface area contributed by atoms with E-state index < -0.39 is 4.92 Å². The lowest BCUT2D eigenvalue weighted by Gasteiger charge is -2.10. The molecule has 4 heteroatoms. The van der Waals surface area contributed by atoms with Crippen LogP contribution in [0.4, 0.5) is 5.69 Å². The summed E-state index contributed by atoms with van der Waals surface area (Å²) in [6, 6.07) is 10.7. The van der Waals surface area contributed by atoms with Crippen LogP contribution in [0.3, 0.4) is 0 Å². The first-order valence-corrected chi connectivity index (χ1v) is 5.97. The molecule has 0 heterocycles. The minimum Gasteiger partial charge on any atom is -0.457 e. The fourth-order valence-electron chi connectivity index (χ4n) is 1.94. The summed E-state index contributed by atoms with van der Waals surface area (Å²) < 4.78 is 5.76. The zero-order valence-electron chi connectivity index (χ0n) is 11.1. The minimum atomic E-state index is -0.393. The van der Waals surface area contributed by atoms with E-state index in [1.165, 1.54) is 11.6 Å². The number of ether oxygens (including phenoxy) is 1. The van der Waals surface area contributed by atoms with E-state index in [1.807, 2.05) is 32.0 Å². The van der Waals surface area contributed by atoms with Crippen molar-refractivity contribution in [3.8, 4) is 11.5 Å². The van der Waals surface area contributed by atoms with Crippen molar-refractivity contribution >= 4 is 5.69 Å². The van der Waals surface area contributed by atoms with Gasteiger partial charge >= 0.3 is 0 Å². The molecule has 0 saturated heterocycles. The highest BCUT2D eigenvalue weighted by molar-refractivity contribution is 5.46. The van der Waals surface area contributed by atoms with Crippen LogP contribution in [0.25, 0.3) is 0 Å². The molecule has 0 unspecified atom stereocenters. The van der Waals surface area contributed by atoms with Gasteiger partial charge in [-0.3, -0.25) is 10.1 Å². The number of benzene rings is 2. The van der Waals surface area contributed by atoms with Crippen LogP contribution in [0.15, 0.2) is 36.4 Å². The number of rotatable bonds is 3. The largest absolute Gasteiger partial charge is 0.457 e. The fourth-order valence-corrected chi connectivity index (χ4v) is 1.94. The average Bonchev–Trinajstić information content (AvgIpc) is 2.32. The molecule has 0 radical (unpaired) electrons. The number of aryl methyl sites for hydroxylation is 3. The lowest BCUT2D eigenvalue weighted by atomic mass is 10.1. The molecule has 19 heavy (non-hydrogen) atoms. The van der Waals surface area contributed by atoms with Gasteiger partial charge in [-0.05, 0) is 44.5 Å². The number of nitro benzene ring substituents is 1. The molecule has 0 fully saturated rings. The van der Waals surface area contributed by atoms with Crippen LogP contribution in [0, 0.1) is 30.9 Å². The van der Waals surface area contributed by atoms with E-state index >= 15 is 0 Å². The van der Waals surface area contributed by atoms with Crippen LogP contribution in [0.5, 0.6) is 11.5 Å². The van der Waals surface area contributed by atoms with Crippen LogP contribution in [-0.4, -0.2) is 4.92 Å². The maximum Gasteiger partial charge on any atom is 0.272 e. The van der Waals surface area contributed by atoms with Crippen LogP contribution in [0.2, 0.25) is 0 Å². The zero-order valence-corrected chi connectivity index (χ0v) is 11.1. The molecule has 0 aliphatic rings. The van der Waals surface area contributed by atoms with Crippen LogP contribution < -0.4 is 4.74 Å². The van der Waals surface area contributed by atoms with Gasteiger partial charge in [-0.15, -0.1) is 0 Å². The fraction of sp³-hybridized carbons (Fsp3) is 0.200. The van der Waals surface area contributed by atoms with E-state index in [4.69, 9.17) is 4.74 Å². The Balaban J connectivity index is 2.29. The summed E-state index contributed by atoms with van der Waals surface area (Å²) in [5.74, 6) is 1.37. The number of nitrogens with zero attached hydrogens (tertiary/aromatic N) is 1. The molecule has 0 N–H and O–H groups in total. The molecule has 2 aromatic rings. The summed E-state index contributed by atoms with van der Waals surface area (Å²) in [4.78, 5) is 10.4. The highest BCUT2D eigenvalue weighted by Gasteiger charge is 2.11. The maximum absolute atomic E-state index is 10.7. The van der Waals surface area contributed by atoms with Gasteiger partial charge in [0, 0.05) is 11.6 Å². The van der Waals surface area contributed by atoms with Gasteiger partial charge in [0.1, 0.15) is 11.5 Å². The van der Waals surface area contributed by atoms with Gasteiger partial charge in [0.15, 0.2) is 0 Å². The Hall–Kier alpha value is -2.36. The van der Waals surface area contributed by atoms with E-state index in [2.05, 4.69) is 0 Å². The first kappa shape index (κ1) is 13.1. The number of nitro groups is 1. The molecule has 0 amide bonds. The van der Waals surface area contributed by atoms with Gasteiger partial charge in [0.2, 0.25) is 0 Å². The highest BCUT2D eigenvalue weighted by Crippen LogP contribution is 2.29. The molecule has 98 valence electrons. The Morgan fingerprint density at radius 3 is 2.32 bits per heavy atom. The van der Waals surface area contributed by atoms with Crippen molar-refractivity contribution in [2.45, 2.75) is 20.8 Å². The zero-order chi connectivity index (χ0) is 14.0. The highest BCUT2D eigenvalue weighted by atomic mass is 16.6. The summed E-state index contributed by atoms with van der Waals surface area (Å²) in [5.41, 5.74) is 2.90. The molecule has 4 nitrogen and oxygen atoms in total. The van der Waals surface area contributed by atoms with Gasteiger partial charge in [0.25, 0.3) is 5.69 Å². The van der Waals surface area contributed by atoms with Gasteiger partial charge in [-0.25, -0.2) is 0 Å². The number of hydrogen-bond acceptors (Lipinski definition) is 3. The average molecular weight is 257 g/mol. The predicted molar refractivity (Wildman–Crippen MR) is 73.8 cm³/mol. The summed E-state index contributed by atoms with van der Waals surface area (Å²) in [6.45, 7) is 5.69. The van der Waals surface area contributed by atoms with E-state index in [1.54, 1.807) is 19.1 Å². The van der Waals surface area contributed by atoms with Gasteiger partial charge in [0.05, 0.1) is 4.92 Å². The molecule has 0 aromatic heterocycles. The van der Waals surface area contributed by atoms with Crippen LogP contribution in [-0.2, 0) is 0 Å². The van der Waals surface area contributed by atoms with Crippen molar-refractivity contribution in [2.75, 3.05) is 0 Å². The van der Waals surface area contributed by atoms with Crippen LogP contribution >= 0.6 is 0 Å². The lowest BCUT2D eigenvalue weighted by Crippen LogP contribution is -1.93. The second-order valence-corrected chi connectivity index (χ2v) is 4.58. The summed E-state index contributed by atoms with van der Waals surface area (Å²) in [7, 11) is 0. The van der Waals surface area contributed by atoms with E-state index in [-0.39, 0.29) is 5.69 Å². The summed E-state index contributed by atoms with van der Waals surface area (Å²) in [5, 5.41) is 10.7. The van der Waals surface area contributed by atoms with Crippen LogP contribution in [0.1, 0.15) is 16.7 Å². The molecular formula is C15H15NO3. The van der Waals surface area contributed by atoms with E-state index in [0.717, 1.165) is 11.3 Å². The Bertz CT molecular complexity index is 635. The smallest absolute Gasteiger partial charge is 0.272 e. The lowest BCUT2D eigenvalue weighted by molar-refractivity contribution is -0.385. The SMILES string of the molecule is Cc1ccc(Oc2ccc([N+](=O)[O-])c(C)c2)c(C)c1. The third kappa shape index (κ3) is 2.91. The molecule has 2 aromatic carbocycles. The molecule has 2 rings (SSSR count). The summed E-state index contributed by atoms with van der Waals surface area (Å²) >= 11 is 0. The van der Waals surface area contributed by atoms with Gasteiger partial charge in [-0.2, -0.15) is 0 Å². The van der Waals surface area contributed by atoms with Crippen molar-refractivity contribution in [3.05, 3.63) is 63.2 Å². The van der Waals surface area contributed by atoms with Crippen molar-refractivity contribution in [1.29, 1.82) is 0 Å². The molecule has 0 bridgehead atoms. The first-order valence-electron chi connectivity index (χ1n) is 5.97. The Morgan fingerprint density at radius 1 is 1.00 bits per heavy atom. The molecule has 0 aliphatic carbocycles.